The smallest absolute Gasteiger partial charge is 0.0623 e. The third-order valence-corrected chi connectivity index (χ3v) is 7.58. The van der Waals surface area contributed by atoms with E-state index in [1.807, 2.05) is 0 Å². The average Bonchev–Trinajstić information content (AvgIpc) is 3.25. The monoisotopic (exact) mass is 405 g/mol. The molecular formula is C23H36ClN3O. The Morgan fingerprint density at radius 3 is 2.54 bits per heavy atom. The van der Waals surface area contributed by atoms with Crippen LogP contribution in [0.2, 0.25) is 0 Å². The van der Waals surface area contributed by atoms with Crippen LogP contribution in [0.15, 0.2) is 30.3 Å². The molecule has 5 atom stereocenters. The molecule has 3 saturated heterocycles. The minimum absolute atomic E-state index is 0. The number of rotatable bonds is 5. The molecule has 5 unspecified atom stereocenters. The molecule has 28 heavy (non-hydrogen) atoms. The molecule has 4 aliphatic rings. The number of nitrogens with zero attached hydrogens (tertiary/aromatic N) is 1. The lowest BCUT2D eigenvalue weighted by Crippen LogP contribution is -2.55. The molecule has 1 saturated carbocycles. The van der Waals surface area contributed by atoms with Crippen molar-refractivity contribution in [2.24, 2.45) is 5.92 Å². The summed E-state index contributed by atoms with van der Waals surface area (Å²) in [5, 5.41) is 7.85. The number of ether oxygens (including phenoxy) is 1. The van der Waals surface area contributed by atoms with E-state index >= 15 is 0 Å². The fraction of sp³-hybridized carbons (Fsp3) is 0.739. The van der Waals surface area contributed by atoms with Crippen LogP contribution in [0, 0.1) is 5.92 Å². The van der Waals surface area contributed by atoms with E-state index in [0.717, 1.165) is 44.3 Å². The molecule has 0 aromatic heterocycles. The number of halogens is 1. The molecule has 3 aliphatic heterocycles. The maximum atomic E-state index is 5.75. The number of benzene rings is 1. The summed E-state index contributed by atoms with van der Waals surface area (Å²) >= 11 is 0. The molecule has 5 heteroatoms. The number of nitrogens with one attached hydrogen (secondary N) is 2. The predicted octanol–water partition coefficient (Wildman–Crippen LogP) is 3.35. The molecule has 4 nitrogen and oxygen atoms in total. The summed E-state index contributed by atoms with van der Waals surface area (Å²) in [6.07, 6.45) is 9.53. The van der Waals surface area contributed by atoms with Crippen LogP contribution in [-0.4, -0.2) is 54.9 Å². The van der Waals surface area contributed by atoms with Gasteiger partial charge in [-0.2, -0.15) is 0 Å². The third-order valence-electron chi connectivity index (χ3n) is 7.58. The number of fused-ring (bicyclic) bond motifs is 2. The van der Waals surface area contributed by atoms with Gasteiger partial charge in [-0.05, 0) is 50.0 Å². The first-order valence-electron chi connectivity index (χ1n) is 11.2. The van der Waals surface area contributed by atoms with Crippen LogP contribution in [0.25, 0.3) is 0 Å². The van der Waals surface area contributed by atoms with Gasteiger partial charge in [0.05, 0.1) is 13.2 Å². The normalized spacial score (nSPS) is 38.3. The Kier molecular flexibility index (Phi) is 6.95. The molecule has 1 aliphatic carbocycles. The third kappa shape index (κ3) is 4.41. The molecule has 0 spiro atoms. The van der Waals surface area contributed by atoms with Crippen molar-refractivity contribution >= 4 is 12.4 Å². The summed E-state index contributed by atoms with van der Waals surface area (Å²) in [6, 6.07) is 14.6. The van der Waals surface area contributed by atoms with Crippen molar-refractivity contribution in [3.05, 3.63) is 35.9 Å². The van der Waals surface area contributed by atoms with Crippen molar-refractivity contribution in [1.29, 1.82) is 0 Å². The van der Waals surface area contributed by atoms with Gasteiger partial charge in [0.1, 0.15) is 0 Å². The molecular weight excluding hydrogens is 370 g/mol. The van der Waals surface area contributed by atoms with Gasteiger partial charge in [0.15, 0.2) is 0 Å². The van der Waals surface area contributed by atoms with E-state index in [0.29, 0.717) is 18.1 Å². The van der Waals surface area contributed by atoms with Crippen molar-refractivity contribution < 1.29 is 4.74 Å². The van der Waals surface area contributed by atoms with Gasteiger partial charge in [0.25, 0.3) is 0 Å². The standard InChI is InChI=1S/C23H35N3O.ClH/c1-2-5-17(6-3-1)15-26-19-9-10-20(26)14-18(13-19)25-22-8-4-7-21(22)23-16-27-12-11-24-23;/h1-3,5-6,18-25H,4,7-16H2;1H. The quantitative estimate of drug-likeness (QED) is 0.787. The van der Waals surface area contributed by atoms with Gasteiger partial charge in [0.2, 0.25) is 0 Å². The van der Waals surface area contributed by atoms with Gasteiger partial charge < -0.3 is 15.4 Å². The molecule has 156 valence electrons. The zero-order chi connectivity index (χ0) is 18.1. The summed E-state index contributed by atoms with van der Waals surface area (Å²) in [5.74, 6) is 0.755. The second kappa shape index (κ2) is 9.44. The SMILES string of the molecule is Cl.c1ccc(CN2C3CCC2CC(NC2CCCC2C2COCCN2)C3)cc1. The Bertz CT molecular complexity index is 595. The van der Waals surface area contributed by atoms with Crippen LogP contribution >= 0.6 is 12.4 Å². The first kappa shape index (κ1) is 20.6. The fourth-order valence-corrected chi connectivity index (χ4v) is 6.30. The van der Waals surface area contributed by atoms with E-state index in [1.165, 1.54) is 50.5 Å². The Labute approximate surface area is 176 Å². The maximum Gasteiger partial charge on any atom is 0.0623 e. The summed E-state index contributed by atoms with van der Waals surface area (Å²) < 4.78 is 5.75. The van der Waals surface area contributed by atoms with Crippen LogP contribution in [0.1, 0.15) is 50.5 Å². The van der Waals surface area contributed by atoms with Crippen LogP contribution in [0.3, 0.4) is 0 Å². The molecule has 0 amide bonds. The van der Waals surface area contributed by atoms with E-state index in [1.54, 1.807) is 0 Å². The lowest BCUT2D eigenvalue weighted by Gasteiger charge is -2.42. The second-order valence-electron chi connectivity index (χ2n) is 9.21. The summed E-state index contributed by atoms with van der Waals surface area (Å²) in [6.45, 7) is 3.95. The number of piperidine rings is 1. The Hall–Kier alpha value is -0.650. The highest BCUT2D eigenvalue weighted by atomic mass is 35.5. The first-order valence-corrected chi connectivity index (χ1v) is 11.2. The van der Waals surface area contributed by atoms with E-state index in [9.17, 15) is 0 Å². The van der Waals surface area contributed by atoms with E-state index in [-0.39, 0.29) is 12.4 Å². The van der Waals surface area contributed by atoms with Crippen molar-refractivity contribution in [1.82, 2.24) is 15.5 Å². The molecule has 4 fully saturated rings. The lowest BCUT2D eigenvalue weighted by molar-refractivity contribution is 0.0484. The topological polar surface area (TPSA) is 36.5 Å². The van der Waals surface area contributed by atoms with E-state index in [2.05, 4.69) is 45.9 Å². The summed E-state index contributed by atoms with van der Waals surface area (Å²) in [4.78, 5) is 2.80. The molecule has 2 bridgehead atoms. The highest BCUT2D eigenvalue weighted by Crippen LogP contribution is 2.38. The van der Waals surface area contributed by atoms with Crippen molar-refractivity contribution in [3.8, 4) is 0 Å². The van der Waals surface area contributed by atoms with Gasteiger partial charge in [-0.1, -0.05) is 36.8 Å². The average molecular weight is 406 g/mol. The Morgan fingerprint density at radius 2 is 1.82 bits per heavy atom. The van der Waals surface area contributed by atoms with Gasteiger partial charge >= 0.3 is 0 Å². The van der Waals surface area contributed by atoms with Crippen LogP contribution in [-0.2, 0) is 11.3 Å². The lowest BCUT2D eigenvalue weighted by atomic mass is 9.91. The van der Waals surface area contributed by atoms with Gasteiger partial charge in [-0.3, -0.25) is 4.90 Å². The van der Waals surface area contributed by atoms with Crippen LogP contribution in [0.5, 0.6) is 0 Å². The molecule has 2 N–H and O–H groups in total. The number of hydrogen-bond donors (Lipinski definition) is 2. The maximum absolute atomic E-state index is 5.75. The van der Waals surface area contributed by atoms with E-state index < -0.39 is 0 Å². The second-order valence-corrected chi connectivity index (χ2v) is 9.21. The minimum atomic E-state index is 0. The van der Waals surface area contributed by atoms with Gasteiger partial charge in [-0.25, -0.2) is 0 Å². The van der Waals surface area contributed by atoms with Crippen molar-refractivity contribution in [2.75, 3.05) is 19.8 Å². The highest BCUT2D eigenvalue weighted by Gasteiger charge is 2.42. The van der Waals surface area contributed by atoms with E-state index in [4.69, 9.17) is 4.74 Å². The Morgan fingerprint density at radius 1 is 1.04 bits per heavy atom. The molecule has 1 aromatic rings. The molecule has 5 rings (SSSR count). The molecule has 1 aromatic carbocycles. The number of hydrogen-bond acceptors (Lipinski definition) is 4. The summed E-state index contributed by atoms with van der Waals surface area (Å²) in [5.41, 5.74) is 1.47. The predicted molar refractivity (Wildman–Crippen MR) is 116 cm³/mol. The van der Waals surface area contributed by atoms with Crippen LogP contribution in [0.4, 0.5) is 0 Å². The Balaban J connectivity index is 0.00000192. The fourth-order valence-electron chi connectivity index (χ4n) is 6.30. The minimum Gasteiger partial charge on any atom is -0.379 e. The van der Waals surface area contributed by atoms with Crippen molar-refractivity contribution in [2.45, 2.75) is 81.7 Å². The molecule has 3 heterocycles. The summed E-state index contributed by atoms with van der Waals surface area (Å²) in [7, 11) is 0. The zero-order valence-corrected chi connectivity index (χ0v) is 17.7. The van der Waals surface area contributed by atoms with Crippen LogP contribution < -0.4 is 10.6 Å². The zero-order valence-electron chi connectivity index (χ0n) is 16.9. The first-order chi connectivity index (χ1) is 13.4. The van der Waals surface area contributed by atoms with Gasteiger partial charge in [0, 0.05) is 43.3 Å². The van der Waals surface area contributed by atoms with Gasteiger partial charge in [-0.15, -0.1) is 12.4 Å². The molecule has 0 radical (unpaired) electrons. The largest absolute Gasteiger partial charge is 0.379 e. The number of morpholine rings is 1. The van der Waals surface area contributed by atoms with Crippen molar-refractivity contribution in [3.63, 3.8) is 0 Å². The highest BCUT2D eigenvalue weighted by molar-refractivity contribution is 5.85.